The fraction of sp³-hybridized carbons (Fsp3) is 0.833. The molecule has 0 aliphatic rings. The number of carboxylic acid groups (broad SMARTS) is 1. The van der Waals surface area contributed by atoms with E-state index in [9.17, 15) is 14.7 Å². The van der Waals surface area contributed by atoms with Crippen LogP contribution in [0.5, 0.6) is 0 Å². The summed E-state index contributed by atoms with van der Waals surface area (Å²) < 4.78 is 9.81. The molecule has 0 saturated carbocycles. The summed E-state index contributed by atoms with van der Waals surface area (Å²) in [7, 11) is 1.55. The van der Waals surface area contributed by atoms with E-state index < -0.39 is 11.4 Å². The van der Waals surface area contributed by atoms with Gasteiger partial charge in [0.25, 0.3) is 0 Å². The number of nitrogens with one attached hydrogen (secondary N) is 1. The summed E-state index contributed by atoms with van der Waals surface area (Å²) in [5.74, 6) is -1.19. The van der Waals surface area contributed by atoms with E-state index in [1.807, 2.05) is 0 Å². The molecule has 18 heavy (non-hydrogen) atoms. The number of carboxylic acids is 1. The number of carbonyl (C=O) groups is 2. The molecular weight excluding hydrogens is 238 g/mol. The van der Waals surface area contributed by atoms with Crippen molar-refractivity contribution in [3.05, 3.63) is 0 Å². The highest BCUT2D eigenvalue weighted by Gasteiger charge is 2.34. The van der Waals surface area contributed by atoms with Gasteiger partial charge >= 0.3 is 5.97 Å². The fourth-order valence-electron chi connectivity index (χ4n) is 1.50. The monoisotopic (exact) mass is 261 g/mol. The summed E-state index contributed by atoms with van der Waals surface area (Å²) in [6, 6.07) is 0. The van der Waals surface area contributed by atoms with Gasteiger partial charge in [0.15, 0.2) is 0 Å². The molecule has 0 aliphatic carbocycles. The van der Waals surface area contributed by atoms with Crippen molar-refractivity contribution >= 4 is 11.9 Å². The fourth-order valence-corrected chi connectivity index (χ4v) is 1.50. The van der Waals surface area contributed by atoms with Crippen molar-refractivity contribution in [3.63, 3.8) is 0 Å². The Kier molecular flexibility index (Phi) is 8.32. The number of amides is 1. The predicted octanol–water partition coefficient (Wildman–Crippen LogP) is 0.657. The zero-order valence-electron chi connectivity index (χ0n) is 11.3. The first-order valence-corrected chi connectivity index (χ1v) is 6.09. The van der Waals surface area contributed by atoms with Crippen LogP contribution in [0.25, 0.3) is 0 Å². The van der Waals surface area contributed by atoms with Crippen molar-refractivity contribution in [1.29, 1.82) is 0 Å². The van der Waals surface area contributed by atoms with Crippen LogP contribution in [0, 0.1) is 5.41 Å². The molecule has 0 aromatic carbocycles. The van der Waals surface area contributed by atoms with Crippen molar-refractivity contribution in [2.75, 3.05) is 33.5 Å². The highest BCUT2D eigenvalue weighted by molar-refractivity contribution is 5.79. The number of ether oxygens (including phenoxy) is 2. The number of hydrogen-bond donors (Lipinski definition) is 2. The van der Waals surface area contributed by atoms with E-state index in [0.717, 1.165) is 0 Å². The lowest BCUT2D eigenvalue weighted by molar-refractivity contribution is -0.149. The van der Waals surface area contributed by atoms with Gasteiger partial charge in [-0.05, 0) is 12.8 Å². The van der Waals surface area contributed by atoms with Crippen molar-refractivity contribution in [1.82, 2.24) is 5.32 Å². The lowest BCUT2D eigenvalue weighted by Gasteiger charge is -2.26. The molecule has 0 unspecified atom stereocenters. The Morgan fingerprint density at radius 3 is 2.28 bits per heavy atom. The minimum absolute atomic E-state index is 0.0769. The number of rotatable bonds is 10. The molecule has 0 aliphatic heterocycles. The highest BCUT2D eigenvalue weighted by atomic mass is 16.5. The van der Waals surface area contributed by atoms with Crippen LogP contribution in [0.2, 0.25) is 0 Å². The smallest absolute Gasteiger partial charge is 0.311 e. The molecule has 1 amide bonds. The average molecular weight is 261 g/mol. The number of methoxy groups -OCH3 is 1. The Morgan fingerprint density at radius 2 is 1.83 bits per heavy atom. The Bertz CT molecular complexity index is 263. The average Bonchev–Trinajstić information content (AvgIpc) is 2.36. The van der Waals surface area contributed by atoms with Crippen LogP contribution >= 0.6 is 0 Å². The van der Waals surface area contributed by atoms with Crippen LogP contribution in [0.15, 0.2) is 0 Å². The largest absolute Gasteiger partial charge is 0.481 e. The lowest BCUT2D eigenvalue weighted by Crippen LogP contribution is -2.43. The van der Waals surface area contributed by atoms with Gasteiger partial charge in [-0.15, -0.1) is 0 Å². The van der Waals surface area contributed by atoms with Crippen LogP contribution in [0.1, 0.15) is 26.7 Å². The Balaban J connectivity index is 4.04. The van der Waals surface area contributed by atoms with Gasteiger partial charge in [-0.25, -0.2) is 0 Å². The first-order valence-electron chi connectivity index (χ1n) is 6.09. The van der Waals surface area contributed by atoms with Gasteiger partial charge in [0.05, 0.1) is 18.6 Å². The second kappa shape index (κ2) is 8.88. The van der Waals surface area contributed by atoms with Gasteiger partial charge in [0.1, 0.15) is 6.61 Å². The summed E-state index contributed by atoms with van der Waals surface area (Å²) in [5, 5.41) is 11.8. The molecule has 6 nitrogen and oxygen atoms in total. The van der Waals surface area contributed by atoms with Crippen LogP contribution in [0.3, 0.4) is 0 Å². The third-order valence-corrected chi connectivity index (χ3v) is 3.10. The Labute approximate surface area is 108 Å². The molecule has 0 heterocycles. The lowest BCUT2D eigenvalue weighted by atomic mass is 9.82. The molecular formula is C12H23NO5. The standard InChI is InChI=1S/C12H23NO5/c1-4-12(5-2,11(15)16)9-13-10(14)8-18-7-6-17-3/h4-9H2,1-3H3,(H,13,14)(H,15,16). The van der Waals surface area contributed by atoms with Crippen molar-refractivity contribution in [2.45, 2.75) is 26.7 Å². The zero-order chi connectivity index (χ0) is 14.0. The van der Waals surface area contributed by atoms with Crippen LogP contribution in [-0.4, -0.2) is 50.5 Å². The maximum atomic E-state index is 11.4. The third kappa shape index (κ3) is 5.46. The van der Waals surface area contributed by atoms with E-state index >= 15 is 0 Å². The maximum absolute atomic E-state index is 11.4. The molecule has 0 aromatic heterocycles. The van der Waals surface area contributed by atoms with Gasteiger partial charge in [-0.1, -0.05) is 13.8 Å². The SMILES string of the molecule is CCC(CC)(CNC(=O)COCCOC)C(=O)O. The predicted molar refractivity (Wildman–Crippen MR) is 66.4 cm³/mol. The second-order valence-corrected chi connectivity index (χ2v) is 4.11. The molecule has 0 atom stereocenters. The first kappa shape index (κ1) is 16.9. The molecule has 0 spiro atoms. The summed E-state index contributed by atoms with van der Waals surface area (Å²) in [5.41, 5.74) is -0.887. The van der Waals surface area contributed by atoms with Gasteiger partial charge in [0, 0.05) is 13.7 Å². The molecule has 0 bridgehead atoms. The molecule has 0 aromatic rings. The number of aliphatic carboxylic acids is 1. The summed E-state index contributed by atoms with van der Waals surface area (Å²) in [6.45, 7) is 4.43. The summed E-state index contributed by atoms with van der Waals surface area (Å²) in [6.07, 6.45) is 0.952. The van der Waals surface area contributed by atoms with Gasteiger partial charge in [-0.3, -0.25) is 9.59 Å². The molecule has 0 fully saturated rings. The first-order chi connectivity index (χ1) is 8.52. The van der Waals surface area contributed by atoms with Crippen molar-refractivity contribution in [3.8, 4) is 0 Å². The van der Waals surface area contributed by atoms with Crippen molar-refractivity contribution in [2.24, 2.45) is 5.41 Å². The van der Waals surface area contributed by atoms with Crippen LogP contribution in [0.4, 0.5) is 0 Å². The molecule has 0 radical (unpaired) electrons. The van der Waals surface area contributed by atoms with E-state index in [0.29, 0.717) is 26.1 Å². The van der Waals surface area contributed by atoms with Crippen LogP contribution in [-0.2, 0) is 19.1 Å². The Hall–Kier alpha value is -1.14. The summed E-state index contributed by atoms with van der Waals surface area (Å²) in [4.78, 5) is 22.6. The van der Waals surface area contributed by atoms with Crippen LogP contribution < -0.4 is 5.32 Å². The number of hydrogen-bond acceptors (Lipinski definition) is 4. The van der Waals surface area contributed by atoms with E-state index in [-0.39, 0.29) is 19.1 Å². The quantitative estimate of drug-likeness (QED) is 0.564. The van der Waals surface area contributed by atoms with Gasteiger partial charge in [-0.2, -0.15) is 0 Å². The minimum atomic E-state index is -0.887. The minimum Gasteiger partial charge on any atom is -0.481 e. The van der Waals surface area contributed by atoms with E-state index in [1.165, 1.54) is 0 Å². The molecule has 106 valence electrons. The zero-order valence-corrected chi connectivity index (χ0v) is 11.3. The molecule has 6 heteroatoms. The molecule has 2 N–H and O–H groups in total. The second-order valence-electron chi connectivity index (χ2n) is 4.11. The molecule has 0 rings (SSSR count). The number of carbonyl (C=O) groups excluding carboxylic acids is 1. The maximum Gasteiger partial charge on any atom is 0.311 e. The van der Waals surface area contributed by atoms with E-state index in [4.69, 9.17) is 9.47 Å². The van der Waals surface area contributed by atoms with Gasteiger partial charge < -0.3 is 19.9 Å². The Morgan fingerprint density at radius 1 is 1.22 bits per heavy atom. The van der Waals surface area contributed by atoms with Crippen molar-refractivity contribution < 1.29 is 24.2 Å². The topological polar surface area (TPSA) is 84.9 Å². The normalized spacial score (nSPS) is 11.3. The van der Waals surface area contributed by atoms with E-state index in [2.05, 4.69) is 5.32 Å². The van der Waals surface area contributed by atoms with Gasteiger partial charge in [0.2, 0.25) is 5.91 Å². The molecule has 0 saturated heterocycles. The van der Waals surface area contributed by atoms with E-state index in [1.54, 1.807) is 21.0 Å². The summed E-state index contributed by atoms with van der Waals surface area (Å²) >= 11 is 0. The highest BCUT2D eigenvalue weighted by Crippen LogP contribution is 2.25. The third-order valence-electron chi connectivity index (χ3n) is 3.10.